The van der Waals surface area contributed by atoms with Crippen molar-refractivity contribution in [2.75, 3.05) is 0 Å². The third-order valence-corrected chi connectivity index (χ3v) is 3.67. The summed E-state index contributed by atoms with van der Waals surface area (Å²) in [5.74, 6) is 0.138. The third kappa shape index (κ3) is 3.00. The average molecular weight is 243 g/mol. The van der Waals surface area contributed by atoms with Gasteiger partial charge in [0.2, 0.25) is 5.91 Å². The Labute approximate surface area is 109 Å². The summed E-state index contributed by atoms with van der Waals surface area (Å²) >= 11 is 0. The van der Waals surface area contributed by atoms with E-state index in [2.05, 4.69) is 13.8 Å². The van der Waals surface area contributed by atoms with E-state index in [1.54, 1.807) is 6.08 Å². The van der Waals surface area contributed by atoms with Crippen LogP contribution in [0.15, 0.2) is 36.4 Å². The fourth-order valence-corrected chi connectivity index (χ4v) is 2.67. The van der Waals surface area contributed by atoms with Crippen molar-refractivity contribution in [3.63, 3.8) is 0 Å². The van der Waals surface area contributed by atoms with Gasteiger partial charge in [-0.15, -0.1) is 0 Å². The molecule has 96 valence electrons. The summed E-state index contributed by atoms with van der Waals surface area (Å²) in [7, 11) is 0. The van der Waals surface area contributed by atoms with Crippen molar-refractivity contribution >= 4 is 12.0 Å². The fourth-order valence-electron chi connectivity index (χ4n) is 2.67. The third-order valence-electron chi connectivity index (χ3n) is 3.67. The molecule has 18 heavy (non-hydrogen) atoms. The molecule has 2 rings (SSSR count). The quantitative estimate of drug-likeness (QED) is 0.728. The predicted octanol–water partition coefficient (Wildman–Crippen LogP) is 3.49. The van der Waals surface area contributed by atoms with Gasteiger partial charge in [0, 0.05) is 18.2 Å². The smallest absolute Gasteiger partial charge is 0.247 e. The molecule has 0 aliphatic carbocycles. The van der Waals surface area contributed by atoms with Crippen LogP contribution in [0.5, 0.6) is 0 Å². The van der Waals surface area contributed by atoms with Gasteiger partial charge in [0.1, 0.15) is 0 Å². The Morgan fingerprint density at radius 2 is 1.78 bits per heavy atom. The van der Waals surface area contributed by atoms with E-state index in [0.29, 0.717) is 12.1 Å². The molecule has 2 unspecified atom stereocenters. The minimum Gasteiger partial charge on any atom is -0.334 e. The van der Waals surface area contributed by atoms with Crippen molar-refractivity contribution in [2.45, 2.75) is 45.2 Å². The molecule has 2 heteroatoms. The van der Waals surface area contributed by atoms with Crippen LogP contribution in [0.4, 0.5) is 0 Å². The molecule has 1 aromatic rings. The zero-order chi connectivity index (χ0) is 13.0. The van der Waals surface area contributed by atoms with Crippen molar-refractivity contribution in [2.24, 2.45) is 0 Å². The Bertz CT molecular complexity index is 414. The van der Waals surface area contributed by atoms with Gasteiger partial charge in [0.05, 0.1) is 0 Å². The van der Waals surface area contributed by atoms with Gasteiger partial charge in [0.25, 0.3) is 0 Å². The summed E-state index contributed by atoms with van der Waals surface area (Å²) in [5, 5.41) is 0. The van der Waals surface area contributed by atoms with E-state index in [9.17, 15) is 4.79 Å². The van der Waals surface area contributed by atoms with Gasteiger partial charge in [0.15, 0.2) is 0 Å². The summed E-state index contributed by atoms with van der Waals surface area (Å²) in [6.45, 7) is 4.29. The molecule has 0 N–H and O–H groups in total. The van der Waals surface area contributed by atoms with E-state index in [1.807, 2.05) is 41.3 Å². The zero-order valence-electron chi connectivity index (χ0n) is 11.2. The van der Waals surface area contributed by atoms with E-state index in [0.717, 1.165) is 18.4 Å². The number of benzene rings is 1. The number of nitrogens with zero attached hydrogens (tertiary/aromatic N) is 1. The first-order chi connectivity index (χ1) is 8.68. The molecule has 2 nitrogen and oxygen atoms in total. The second kappa shape index (κ2) is 5.85. The Kier molecular flexibility index (Phi) is 4.19. The van der Waals surface area contributed by atoms with Crippen molar-refractivity contribution in [3.8, 4) is 0 Å². The van der Waals surface area contributed by atoms with Crippen molar-refractivity contribution in [3.05, 3.63) is 42.0 Å². The number of carbonyl (C=O) groups is 1. The molecular formula is C16H21NO. The molecule has 1 saturated heterocycles. The minimum atomic E-state index is 0.138. The Morgan fingerprint density at radius 3 is 2.39 bits per heavy atom. The van der Waals surface area contributed by atoms with Crippen LogP contribution < -0.4 is 0 Å². The molecule has 0 spiro atoms. The fraction of sp³-hybridized carbons (Fsp3) is 0.438. The van der Waals surface area contributed by atoms with E-state index in [1.165, 1.54) is 6.42 Å². The van der Waals surface area contributed by atoms with Crippen LogP contribution in [0.2, 0.25) is 0 Å². The van der Waals surface area contributed by atoms with Gasteiger partial charge < -0.3 is 4.90 Å². The Hall–Kier alpha value is -1.57. The van der Waals surface area contributed by atoms with Crippen molar-refractivity contribution in [1.29, 1.82) is 0 Å². The molecule has 0 aromatic heterocycles. The lowest BCUT2D eigenvalue weighted by Crippen LogP contribution is -2.46. The van der Waals surface area contributed by atoms with Gasteiger partial charge in [-0.2, -0.15) is 0 Å². The summed E-state index contributed by atoms with van der Waals surface area (Å²) < 4.78 is 0. The van der Waals surface area contributed by atoms with Crippen LogP contribution >= 0.6 is 0 Å². The normalized spacial score (nSPS) is 24.4. The number of piperidine rings is 1. The molecule has 0 radical (unpaired) electrons. The lowest BCUT2D eigenvalue weighted by molar-refractivity contribution is -0.131. The highest BCUT2D eigenvalue weighted by molar-refractivity contribution is 5.92. The van der Waals surface area contributed by atoms with E-state index in [-0.39, 0.29) is 5.91 Å². The average Bonchev–Trinajstić information content (AvgIpc) is 2.37. The lowest BCUT2D eigenvalue weighted by Gasteiger charge is -2.38. The molecule has 1 aromatic carbocycles. The molecule has 1 aliphatic rings. The first-order valence-corrected chi connectivity index (χ1v) is 6.74. The van der Waals surface area contributed by atoms with Gasteiger partial charge in [-0.25, -0.2) is 0 Å². The number of amides is 1. The molecule has 1 heterocycles. The standard InChI is InChI=1S/C16H21NO/c1-13-7-6-8-14(2)17(13)16(18)12-11-15-9-4-3-5-10-15/h3-5,9-14H,6-8H2,1-2H3. The van der Waals surface area contributed by atoms with E-state index >= 15 is 0 Å². The van der Waals surface area contributed by atoms with Crippen LogP contribution in [0, 0.1) is 0 Å². The SMILES string of the molecule is CC1CCCC(C)N1C(=O)C=Cc1ccccc1. The minimum absolute atomic E-state index is 0.138. The van der Waals surface area contributed by atoms with Crippen molar-refractivity contribution < 1.29 is 4.79 Å². The van der Waals surface area contributed by atoms with Crippen LogP contribution in [0.1, 0.15) is 38.7 Å². The molecule has 1 fully saturated rings. The highest BCUT2D eigenvalue weighted by Crippen LogP contribution is 2.22. The summed E-state index contributed by atoms with van der Waals surface area (Å²) in [4.78, 5) is 14.2. The number of rotatable bonds is 2. The maximum atomic E-state index is 12.2. The zero-order valence-corrected chi connectivity index (χ0v) is 11.2. The number of hydrogen-bond acceptors (Lipinski definition) is 1. The number of likely N-dealkylation sites (tertiary alicyclic amines) is 1. The van der Waals surface area contributed by atoms with E-state index in [4.69, 9.17) is 0 Å². The summed E-state index contributed by atoms with van der Waals surface area (Å²) in [6.07, 6.45) is 7.07. The maximum absolute atomic E-state index is 12.2. The number of carbonyl (C=O) groups excluding carboxylic acids is 1. The van der Waals surface area contributed by atoms with Crippen LogP contribution in [-0.2, 0) is 4.79 Å². The van der Waals surface area contributed by atoms with Crippen LogP contribution in [-0.4, -0.2) is 22.9 Å². The second-order valence-electron chi connectivity index (χ2n) is 5.12. The Balaban J connectivity index is 2.05. The molecule has 1 aliphatic heterocycles. The lowest BCUT2D eigenvalue weighted by atomic mass is 9.97. The Morgan fingerprint density at radius 1 is 1.17 bits per heavy atom. The topological polar surface area (TPSA) is 20.3 Å². The molecular weight excluding hydrogens is 222 g/mol. The number of hydrogen-bond donors (Lipinski definition) is 0. The highest BCUT2D eigenvalue weighted by Gasteiger charge is 2.27. The van der Waals surface area contributed by atoms with Gasteiger partial charge in [-0.1, -0.05) is 30.3 Å². The van der Waals surface area contributed by atoms with Gasteiger partial charge in [-0.3, -0.25) is 4.79 Å². The molecule has 0 saturated carbocycles. The van der Waals surface area contributed by atoms with Gasteiger partial charge >= 0.3 is 0 Å². The maximum Gasteiger partial charge on any atom is 0.247 e. The molecule has 1 amide bonds. The van der Waals surface area contributed by atoms with Gasteiger partial charge in [-0.05, 0) is 44.7 Å². The molecule has 2 atom stereocenters. The predicted molar refractivity (Wildman–Crippen MR) is 75.1 cm³/mol. The highest BCUT2D eigenvalue weighted by atomic mass is 16.2. The monoisotopic (exact) mass is 243 g/mol. The van der Waals surface area contributed by atoms with Crippen LogP contribution in [0.25, 0.3) is 6.08 Å². The van der Waals surface area contributed by atoms with E-state index < -0.39 is 0 Å². The largest absolute Gasteiger partial charge is 0.334 e. The summed E-state index contributed by atoms with van der Waals surface area (Å²) in [6, 6.07) is 10.7. The first kappa shape index (κ1) is 12.9. The summed E-state index contributed by atoms with van der Waals surface area (Å²) in [5.41, 5.74) is 1.07. The molecule has 0 bridgehead atoms. The van der Waals surface area contributed by atoms with Crippen molar-refractivity contribution in [1.82, 2.24) is 4.90 Å². The first-order valence-electron chi connectivity index (χ1n) is 6.74. The second-order valence-corrected chi connectivity index (χ2v) is 5.12. The van der Waals surface area contributed by atoms with Crippen LogP contribution in [0.3, 0.4) is 0 Å².